The highest BCUT2D eigenvalue weighted by atomic mass is 32.1. The Balaban J connectivity index is 1.54. The molecule has 8 heteroatoms. The second-order valence-corrected chi connectivity index (χ2v) is 7.70. The number of nitrogens with zero attached hydrogens (tertiary/aromatic N) is 5. The normalized spacial score (nSPS) is 16.7. The van der Waals surface area contributed by atoms with Gasteiger partial charge in [0.15, 0.2) is 11.1 Å². The largest absolute Gasteiger partial charge is 0.443 e. The molecule has 2 aromatic rings. The van der Waals surface area contributed by atoms with Crippen molar-refractivity contribution in [2.24, 2.45) is 10.7 Å². The maximum absolute atomic E-state index is 6.13. The number of rotatable bonds is 3. The molecule has 0 aliphatic carbocycles. The van der Waals surface area contributed by atoms with Gasteiger partial charge in [0.05, 0.1) is 6.20 Å². The van der Waals surface area contributed by atoms with Crippen molar-refractivity contribution in [2.45, 2.75) is 32.7 Å². The van der Waals surface area contributed by atoms with E-state index in [4.69, 9.17) is 10.2 Å². The Hall–Kier alpha value is -2.09. The predicted octanol–water partition coefficient (Wildman–Crippen LogP) is 2.07. The van der Waals surface area contributed by atoms with Crippen LogP contribution in [0.1, 0.15) is 32.4 Å². The molecule has 1 fully saturated rings. The van der Waals surface area contributed by atoms with Crippen molar-refractivity contribution in [3.63, 3.8) is 0 Å². The first kappa shape index (κ1) is 16.8. The van der Waals surface area contributed by atoms with Gasteiger partial charge < -0.3 is 20.0 Å². The minimum Gasteiger partial charge on any atom is -0.443 e. The van der Waals surface area contributed by atoms with Crippen LogP contribution in [0.3, 0.4) is 0 Å². The van der Waals surface area contributed by atoms with Crippen molar-refractivity contribution in [3.05, 3.63) is 29.4 Å². The summed E-state index contributed by atoms with van der Waals surface area (Å²) < 4.78 is 5.74. The predicted molar refractivity (Wildman–Crippen MR) is 96.4 cm³/mol. The van der Waals surface area contributed by atoms with Crippen molar-refractivity contribution in [1.29, 1.82) is 0 Å². The number of thiazole rings is 1. The summed E-state index contributed by atoms with van der Waals surface area (Å²) in [4.78, 5) is 17.4. The average molecular weight is 348 g/mol. The zero-order valence-electron chi connectivity index (χ0n) is 14.4. The molecule has 130 valence electrons. The topological polar surface area (TPSA) is 83.8 Å². The third-order valence-corrected chi connectivity index (χ3v) is 4.79. The molecule has 0 spiro atoms. The maximum atomic E-state index is 6.13. The number of hydrogen-bond donors (Lipinski definition) is 1. The Labute approximate surface area is 146 Å². The van der Waals surface area contributed by atoms with Crippen LogP contribution in [0.4, 0.5) is 5.13 Å². The Kier molecular flexibility index (Phi) is 4.75. The molecular formula is C16H24N6OS. The first-order chi connectivity index (χ1) is 11.4. The number of nitrogens with two attached hydrogens (primary N) is 1. The van der Waals surface area contributed by atoms with Crippen LogP contribution in [0.15, 0.2) is 27.2 Å². The lowest BCUT2D eigenvalue weighted by atomic mass is 9.94. The molecule has 0 amide bonds. The molecule has 0 aromatic carbocycles. The van der Waals surface area contributed by atoms with Crippen molar-refractivity contribution in [2.75, 3.05) is 31.1 Å². The van der Waals surface area contributed by atoms with Crippen LogP contribution in [0.2, 0.25) is 0 Å². The fraction of sp³-hybridized carbons (Fsp3) is 0.562. The lowest BCUT2D eigenvalue weighted by Gasteiger charge is -2.35. The molecule has 0 unspecified atom stereocenters. The van der Waals surface area contributed by atoms with E-state index in [0.29, 0.717) is 18.4 Å². The van der Waals surface area contributed by atoms with Gasteiger partial charge in [0.25, 0.3) is 0 Å². The summed E-state index contributed by atoms with van der Waals surface area (Å²) in [5.41, 5.74) is 6.08. The molecule has 0 bridgehead atoms. The summed E-state index contributed by atoms with van der Waals surface area (Å²) in [5, 5.41) is 3.07. The van der Waals surface area contributed by atoms with Gasteiger partial charge in [-0.15, -0.1) is 11.3 Å². The Morgan fingerprint density at radius 3 is 2.62 bits per heavy atom. The molecular weight excluding hydrogens is 324 g/mol. The Morgan fingerprint density at radius 2 is 2.04 bits per heavy atom. The van der Waals surface area contributed by atoms with Crippen LogP contribution in [0.25, 0.3) is 0 Å². The van der Waals surface area contributed by atoms with E-state index < -0.39 is 0 Å². The highest BCUT2D eigenvalue weighted by molar-refractivity contribution is 7.13. The molecule has 1 saturated heterocycles. The van der Waals surface area contributed by atoms with Crippen LogP contribution in [0.5, 0.6) is 0 Å². The number of guanidine groups is 1. The van der Waals surface area contributed by atoms with E-state index in [1.165, 1.54) is 0 Å². The molecule has 2 aromatic heterocycles. The zero-order valence-corrected chi connectivity index (χ0v) is 15.2. The van der Waals surface area contributed by atoms with E-state index >= 15 is 0 Å². The highest BCUT2D eigenvalue weighted by Crippen LogP contribution is 2.23. The summed E-state index contributed by atoms with van der Waals surface area (Å²) in [6.45, 7) is 10.1. The molecule has 1 aliphatic rings. The maximum Gasteiger partial charge on any atom is 0.216 e. The van der Waals surface area contributed by atoms with E-state index in [9.17, 15) is 0 Å². The minimum atomic E-state index is -0.0489. The van der Waals surface area contributed by atoms with Gasteiger partial charge in [-0.25, -0.2) is 15.0 Å². The molecule has 0 atom stereocenters. The van der Waals surface area contributed by atoms with Gasteiger partial charge in [-0.1, -0.05) is 20.8 Å². The summed E-state index contributed by atoms with van der Waals surface area (Å²) in [7, 11) is 0. The number of oxazole rings is 1. The van der Waals surface area contributed by atoms with Crippen LogP contribution < -0.4 is 10.6 Å². The first-order valence-electron chi connectivity index (χ1n) is 8.08. The number of aliphatic imine (C=N–C) groups is 1. The van der Waals surface area contributed by atoms with Gasteiger partial charge >= 0.3 is 0 Å². The van der Waals surface area contributed by atoms with Crippen molar-refractivity contribution < 1.29 is 4.42 Å². The summed E-state index contributed by atoms with van der Waals surface area (Å²) in [5.74, 6) is 2.01. The molecule has 7 nitrogen and oxygen atoms in total. The van der Waals surface area contributed by atoms with E-state index in [0.717, 1.165) is 37.1 Å². The third-order valence-electron chi connectivity index (χ3n) is 3.96. The molecule has 0 saturated carbocycles. The van der Waals surface area contributed by atoms with E-state index in [-0.39, 0.29) is 5.41 Å². The standard InChI is InChI=1S/C16H24N6OS/c1-16(2,3)12-10-19-13(23-12)11-20-14(17)21-5-7-22(8-6-21)15-18-4-9-24-15/h4,9-10H,5-8,11H2,1-3H3,(H2,17,20). The van der Waals surface area contributed by atoms with Crippen LogP contribution in [0, 0.1) is 0 Å². The van der Waals surface area contributed by atoms with Gasteiger partial charge in [-0.05, 0) is 0 Å². The van der Waals surface area contributed by atoms with E-state index in [1.54, 1.807) is 17.5 Å². The molecule has 3 rings (SSSR count). The molecule has 24 heavy (non-hydrogen) atoms. The molecule has 0 radical (unpaired) electrons. The zero-order chi connectivity index (χ0) is 17.2. The lowest BCUT2D eigenvalue weighted by Crippen LogP contribution is -2.51. The fourth-order valence-corrected chi connectivity index (χ4v) is 3.17. The van der Waals surface area contributed by atoms with Gasteiger partial charge in [-0.3, -0.25) is 0 Å². The van der Waals surface area contributed by atoms with Crippen molar-refractivity contribution in [3.8, 4) is 0 Å². The Morgan fingerprint density at radius 1 is 1.29 bits per heavy atom. The quantitative estimate of drug-likeness (QED) is 0.675. The molecule has 1 aliphatic heterocycles. The number of hydrogen-bond acceptors (Lipinski definition) is 6. The monoisotopic (exact) mass is 348 g/mol. The molecule has 3 heterocycles. The Bertz CT molecular complexity index is 680. The SMILES string of the molecule is CC(C)(C)c1cnc(CN=C(N)N2CCN(c3nccs3)CC2)o1. The lowest BCUT2D eigenvalue weighted by molar-refractivity contribution is 0.373. The fourth-order valence-electron chi connectivity index (χ4n) is 2.48. The molecule has 2 N–H and O–H groups in total. The second-order valence-electron chi connectivity index (χ2n) is 6.83. The first-order valence-corrected chi connectivity index (χ1v) is 8.96. The van der Waals surface area contributed by atoms with Crippen molar-refractivity contribution >= 4 is 22.4 Å². The minimum absolute atomic E-state index is 0.0489. The summed E-state index contributed by atoms with van der Waals surface area (Å²) in [6.07, 6.45) is 3.61. The van der Waals surface area contributed by atoms with E-state index in [1.807, 2.05) is 11.6 Å². The van der Waals surface area contributed by atoms with Crippen molar-refractivity contribution in [1.82, 2.24) is 14.9 Å². The van der Waals surface area contributed by atoms with E-state index in [2.05, 4.69) is 45.5 Å². The smallest absolute Gasteiger partial charge is 0.216 e. The van der Waals surface area contributed by atoms with Gasteiger partial charge in [0.2, 0.25) is 5.89 Å². The number of piperazine rings is 1. The summed E-state index contributed by atoms with van der Waals surface area (Å²) in [6, 6.07) is 0. The van der Waals surface area contributed by atoms with Crippen LogP contribution >= 0.6 is 11.3 Å². The van der Waals surface area contributed by atoms with Crippen LogP contribution in [-0.2, 0) is 12.0 Å². The van der Waals surface area contributed by atoms with Gasteiger partial charge in [0.1, 0.15) is 12.3 Å². The second kappa shape index (κ2) is 6.80. The summed E-state index contributed by atoms with van der Waals surface area (Å²) >= 11 is 1.66. The van der Waals surface area contributed by atoms with Gasteiger partial charge in [0, 0.05) is 43.2 Å². The third kappa shape index (κ3) is 3.87. The van der Waals surface area contributed by atoms with Gasteiger partial charge in [-0.2, -0.15) is 0 Å². The van der Waals surface area contributed by atoms with Crippen LogP contribution in [-0.4, -0.2) is 47.0 Å². The highest BCUT2D eigenvalue weighted by Gasteiger charge is 2.21. The number of anilines is 1. The average Bonchev–Trinajstić information content (AvgIpc) is 3.23. The number of aromatic nitrogens is 2.